The number of rotatable bonds is 2. The zero-order chi connectivity index (χ0) is 12.4. The molecule has 3 rings (SSSR count). The number of hydrogen-bond acceptors (Lipinski definition) is 4. The second kappa shape index (κ2) is 5.26. The van der Waals surface area contributed by atoms with Crippen LogP contribution in [0.1, 0.15) is 12.0 Å². The SMILES string of the molecule is OC1CNC(CN2CCOc3ccccc3C2)C1. The quantitative estimate of drug-likeness (QED) is 0.804. The van der Waals surface area contributed by atoms with Gasteiger partial charge in [-0.1, -0.05) is 18.2 Å². The van der Waals surface area contributed by atoms with Crippen LogP contribution in [0.4, 0.5) is 0 Å². The first kappa shape index (κ1) is 12.0. The van der Waals surface area contributed by atoms with Crippen molar-refractivity contribution in [2.24, 2.45) is 0 Å². The summed E-state index contributed by atoms with van der Waals surface area (Å²) < 4.78 is 5.75. The van der Waals surface area contributed by atoms with E-state index in [1.54, 1.807) is 0 Å². The van der Waals surface area contributed by atoms with E-state index < -0.39 is 0 Å². The average Bonchev–Trinajstić information content (AvgIpc) is 2.66. The van der Waals surface area contributed by atoms with Crippen molar-refractivity contribution in [1.82, 2.24) is 10.2 Å². The van der Waals surface area contributed by atoms with Crippen molar-refractivity contribution in [1.29, 1.82) is 0 Å². The summed E-state index contributed by atoms with van der Waals surface area (Å²) in [7, 11) is 0. The maximum absolute atomic E-state index is 9.54. The molecule has 4 nitrogen and oxygen atoms in total. The Hall–Kier alpha value is -1.10. The van der Waals surface area contributed by atoms with Crippen LogP contribution < -0.4 is 10.1 Å². The molecule has 2 heterocycles. The molecule has 2 unspecified atom stereocenters. The number of aliphatic hydroxyl groups excluding tert-OH is 1. The van der Waals surface area contributed by atoms with E-state index in [-0.39, 0.29) is 6.10 Å². The van der Waals surface area contributed by atoms with Gasteiger partial charge in [0.15, 0.2) is 0 Å². The van der Waals surface area contributed by atoms with E-state index in [0.717, 1.165) is 45.0 Å². The summed E-state index contributed by atoms with van der Waals surface area (Å²) in [6, 6.07) is 8.65. The van der Waals surface area contributed by atoms with Crippen LogP contribution in [0.3, 0.4) is 0 Å². The number of β-amino-alcohol motifs (C(OH)–C–C–N with tert-alkyl or cyclic N) is 1. The van der Waals surface area contributed by atoms with Crippen molar-refractivity contribution in [2.45, 2.75) is 25.1 Å². The highest BCUT2D eigenvalue weighted by atomic mass is 16.5. The van der Waals surface area contributed by atoms with Crippen molar-refractivity contribution in [3.05, 3.63) is 29.8 Å². The summed E-state index contributed by atoms with van der Waals surface area (Å²) in [6.07, 6.45) is 0.685. The fourth-order valence-corrected chi connectivity index (χ4v) is 2.78. The molecule has 1 aromatic rings. The lowest BCUT2D eigenvalue weighted by molar-refractivity contribution is 0.181. The van der Waals surface area contributed by atoms with Crippen LogP contribution in [0.15, 0.2) is 24.3 Å². The number of nitrogens with zero attached hydrogens (tertiary/aromatic N) is 1. The van der Waals surface area contributed by atoms with Gasteiger partial charge < -0.3 is 15.2 Å². The third kappa shape index (κ3) is 2.66. The molecule has 0 aliphatic carbocycles. The van der Waals surface area contributed by atoms with E-state index in [0.29, 0.717) is 6.04 Å². The Kier molecular flexibility index (Phi) is 3.50. The number of hydrogen-bond donors (Lipinski definition) is 2. The van der Waals surface area contributed by atoms with Crippen LogP contribution >= 0.6 is 0 Å². The highest BCUT2D eigenvalue weighted by Gasteiger charge is 2.25. The Labute approximate surface area is 108 Å². The lowest BCUT2D eigenvalue weighted by Crippen LogP contribution is -2.38. The molecule has 0 aromatic heterocycles. The first-order valence-electron chi connectivity index (χ1n) is 6.66. The zero-order valence-corrected chi connectivity index (χ0v) is 10.5. The molecular formula is C14H20N2O2. The lowest BCUT2D eigenvalue weighted by Gasteiger charge is -2.23. The maximum Gasteiger partial charge on any atom is 0.123 e. The van der Waals surface area contributed by atoms with E-state index in [4.69, 9.17) is 4.74 Å². The van der Waals surface area contributed by atoms with E-state index in [2.05, 4.69) is 22.3 Å². The van der Waals surface area contributed by atoms with Gasteiger partial charge in [0.1, 0.15) is 12.4 Å². The molecule has 1 fully saturated rings. The van der Waals surface area contributed by atoms with E-state index in [1.165, 1.54) is 5.56 Å². The van der Waals surface area contributed by atoms with Gasteiger partial charge in [-0.25, -0.2) is 0 Å². The van der Waals surface area contributed by atoms with Gasteiger partial charge in [-0.15, -0.1) is 0 Å². The summed E-state index contributed by atoms with van der Waals surface area (Å²) in [5, 5.41) is 12.9. The van der Waals surface area contributed by atoms with Crippen LogP contribution in [-0.4, -0.2) is 48.4 Å². The average molecular weight is 248 g/mol. The fraction of sp³-hybridized carbons (Fsp3) is 0.571. The molecule has 2 atom stereocenters. The molecule has 4 heteroatoms. The molecule has 0 saturated carbocycles. The molecule has 1 saturated heterocycles. The van der Waals surface area contributed by atoms with Crippen molar-refractivity contribution in [3.8, 4) is 5.75 Å². The Balaban J connectivity index is 1.64. The molecule has 2 aliphatic heterocycles. The molecule has 2 aliphatic rings. The maximum atomic E-state index is 9.54. The van der Waals surface area contributed by atoms with E-state index in [1.807, 2.05) is 12.1 Å². The van der Waals surface area contributed by atoms with E-state index >= 15 is 0 Å². The molecule has 18 heavy (non-hydrogen) atoms. The third-order valence-corrected chi connectivity index (χ3v) is 3.71. The number of benzene rings is 1. The zero-order valence-electron chi connectivity index (χ0n) is 10.5. The molecular weight excluding hydrogens is 228 g/mol. The first-order chi connectivity index (χ1) is 8.81. The molecule has 1 aromatic carbocycles. The predicted octanol–water partition coefficient (Wildman–Crippen LogP) is 0.604. The molecule has 0 bridgehead atoms. The molecule has 0 spiro atoms. The smallest absolute Gasteiger partial charge is 0.123 e. The second-order valence-corrected chi connectivity index (χ2v) is 5.19. The minimum Gasteiger partial charge on any atom is -0.492 e. The highest BCUT2D eigenvalue weighted by molar-refractivity contribution is 5.33. The number of ether oxygens (including phenoxy) is 1. The summed E-state index contributed by atoms with van der Waals surface area (Å²) in [4.78, 5) is 2.40. The molecule has 0 amide bonds. The number of para-hydroxylation sites is 1. The van der Waals surface area contributed by atoms with Crippen molar-refractivity contribution in [2.75, 3.05) is 26.2 Å². The predicted molar refractivity (Wildman–Crippen MR) is 69.6 cm³/mol. The summed E-state index contributed by atoms with van der Waals surface area (Å²) >= 11 is 0. The fourth-order valence-electron chi connectivity index (χ4n) is 2.78. The van der Waals surface area contributed by atoms with Crippen molar-refractivity contribution in [3.63, 3.8) is 0 Å². The van der Waals surface area contributed by atoms with Gasteiger partial charge in [-0.05, 0) is 12.5 Å². The topological polar surface area (TPSA) is 44.7 Å². The molecule has 98 valence electrons. The number of aliphatic hydroxyl groups is 1. The van der Waals surface area contributed by atoms with Crippen LogP contribution in [0, 0.1) is 0 Å². The molecule has 2 N–H and O–H groups in total. The Morgan fingerprint density at radius 2 is 2.28 bits per heavy atom. The van der Waals surface area contributed by atoms with Gasteiger partial charge >= 0.3 is 0 Å². The molecule has 0 radical (unpaired) electrons. The van der Waals surface area contributed by atoms with Gasteiger partial charge in [-0.3, -0.25) is 4.90 Å². The van der Waals surface area contributed by atoms with Gasteiger partial charge in [0, 0.05) is 37.8 Å². The normalized spacial score (nSPS) is 28.5. The Morgan fingerprint density at radius 3 is 3.11 bits per heavy atom. The van der Waals surface area contributed by atoms with Crippen molar-refractivity contribution >= 4 is 0 Å². The van der Waals surface area contributed by atoms with Crippen LogP contribution in [-0.2, 0) is 6.54 Å². The van der Waals surface area contributed by atoms with E-state index in [9.17, 15) is 5.11 Å². The van der Waals surface area contributed by atoms with Crippen LogP contribution in [0.2, 0.25) is 0 Å². The second-order valence-electron chi connectivity index (χ2n) is 5.19. The lowest BCUT2D eigenvalue weighted by atomic mass is 10.1. The Bertz CT molecular complexity index is 411. The third-order valence-electron chi connectivity index (χ3n) is 3.71. The summed E-state index contributed by atoms with van der Waals surface area (Å²) in [6.45, 7) is 4.33. The minimum atomic E-state index is -0.175. The standard InChI is InChI=1S/C14H20N2O2/c17-13-7-12(15-8-13)10-16-5-6-18-14-4-2-1-3-11(14)9-16/h1-4,12-13,15,17H,5-10H2. The van der Waals surface area contributed by atoms with Crippen LogP contribution in [0.25, 0.3) is 0 Å². The van der Waals surface area contributed by atoms with Gasteiger partial charge in [0.05, 0.1) is 6.10 Å². The summed E-state index contributed by atoms with van der Waals surface area (Å²) in [5.74, 6) is 1.01. The monoisotopic (exact) mass is 248 g/mol. The summed E-state index contributed by atoms with van der Waals surface area (Å²) in [5.41, 5.74) is 1.26. The number of fused-ring (bicyclic) bond motifs is 1. The van der Waals surface area contributed by atoms with Gasteiger partial charge in [-0.2, -0.15) is 0 Å². The minimum absolute atomic E-state index is 0.175. The first-order valence-corrected chi connectivity index (χ1v) is 6.66. The van der Waals surface area contributed by atoms with Crippen molar-refractivity contribution < 1.29 is 9.84 Å². The largest absolute Gasteiger partial charge is 0.492 e. The van der Waals surface area contributed by atoms with Crippen LogP contribution in [0.5, 0.6) is 5.75 Å². The van der Waals surface area contributed by atoms with Gasteiger partial charge in [0.2, 0.25) is 0 Å². The Morgan fingerprint density at radius 1 is 1.39 bits per heavy atom. The van der Waals surface area contributed by atoms with Gasteiger partial charge in [0.25, 0.3) is 0 Å². The highest BCUT2D eigenvalue weighted by Crippen LogP contribution is 2.22. The number of nitrogens with one attached hydrogen (secondary N) is 1.